The molecule has 1 heterocycles. The summed E-state index contributed by atoms with van der Waals surface area (Å²) < 4.78 is 21.8. The molecule has 7 nitrogen and oxygen atoms in total. The second kappa shape index (κ2) is 11.6. The summed E-state index contributed by atoms with van der Waals surface area (Å²) in [6.45, 7) is 3.56. The average molecular weight is 429 g/mol. The van der Waals surface area contributed by atoms with Crippen molar-refractivity contribution in [3.8, 4) is 17.2 Å². The number of likely N-dealkylation sites (N-methyl/N-ethyl adjacent to an activating group) is 1. The van der Waals surface area contributed by atoms with E-state index in [0.29, 0.717) is 36.3 Å². The van der Waals surface area contributed by atoms with Crippen molar-refractivity contribution < 1.29 is 23.7 Å². The summed E-state index contributed by atoms with van der Waals surface area (Å²) in [4.78, 5) is 14.9. The maximum absolute atomic E-state index is 12.6. The lowest BCUT2D eigenvalue weighted by Crippen LogP contribution is -2.38. The molecule has 0 spiro atoms. The molecular formula is C24H32N2O5. The Morgan fingerprint density at radius 1 is 1.06 bits per heavy atom. The van der Waals surface area contributed by atoms with E-state index in [1.165, 1.54) is 0 Å². The highest BCUT2D eigenvalue weighted by Gasteiger charge is 2.18. The van der Waals surface area contributed by atoms with E-state index >= 15 is 0 Å². The van der Waals surface area contributed by atoms with Crippen molar-refractivity contribution >= 4 is 5.91 Å². The zero-order valence-electron chi connectivity index (χ0n) is 18.6. The fourth-order valence-corrected chi connectivity index (χ4v) is 3.58. The van der Waals surface area contributed by atoms with Gasteiger partial charge in [0.2, 0.25) is 0 Å². The quantitative estimate of drug-likeness (QED) is 0.627. The fourth-order valence-electron chi connectivity index (χ4n) is 3.58. The Morgan fingerprint density at radius 3 is 2.45 bits per heavy atom. The Morgan fingerprint density at radius 2 is 1.77 bits per heavy atom. The first-order valence-corrected chi connectivity index (χ1v) is 10.6. The SMILES string of the molecule is COc1cc(OC)cc(C(=O)NCc2cccc(OCCN(C)C3CCOCC3)c2)c1. The Kier molecular flexibility index (Phi) is 8.55. The van der Waals surface area contributed by atoms with Crippen LogP contribution in [0.25, 0.3) is 0 Å². The molecule has 1 N–H and O–H groups in total. The van der Waals surface area contributed by atoms with Crippen molar-refractivity contribution in [3.63, 3.8) is 0 Å². The van der Waals surface area contributed by atoms with E-state index in [1.54, 1.807) is 32.4 Å². The number of amides is 1. The Labute approximate surface area is 184 Å². The molecule has 0 saturated carbocycles. The van der Waals surface area contributed by atoms with E-state index in [4.69, 9.17) is 18.9 Å². The van der Waals surface area contributed by atoms with E-state index in [0.717, 1.165) is 43.9 Å². The molecule has 1 aliphatic rings. The monoisotopic (exact) mass is 428 g/mol. The van der Waals surface area contributed by atoms with Crippen molar-refractivity contribution in [2.45, 2.75) is 25.4 Å². The number of methoxy groups -OCH3 is 2. The maximum Gasteiger partial charge on any atom is 0.251 e. The summed E-state index contributed by atoms with van der Waals surface area (Å²) in [5.41, 5.74) is 1.46. The number of benzene rings is 2. The largest absolute Gasteiger partial charge is 0.497 e. The number of carbonyl (C=O) groups excluding carboxylic acids is 1. The fraction of sp³-hybridized carbons (Fsp3) is 0.458. The van der Waals surface area contributed by atoms with Gasteiger partial charge in [-0.2, -0.15) is 0 Å². The van der Waals surface area contributed by atoms with Gasteiger partial charge in [-0.25, -0.2) is 0 Å². The standard InChI is InChI=1S/C24H32N2O5/c1-26(20-7-10-30-11-8-20)9-12-31-21-6-4-5-18(13-21)17-25-24(27)19-14-22(28-2)16-23(15-19)29-3/h4-6,13-16,20H,7-12,17H2,1-3H3,(H,25,27). The minimum absolute atomic E-state index is 0.193. The first kappa shape index (κ1) is 22.9. The van der Waals surface area contributed by atoms with Crippen molar-refractivity contribution in [1.29, 1.82) is 0 Å². The van der Waals surface area contributed by atoms with Crippen LogP contribution in [0.4, 0.5) is 0 Å². The molecule has 31 heavy (non-hydrogen) atoms. The molecule has 0 radical (unpaired) electrons. The second-order valence-corrected chi connectivity index (χ2v) is 7.60. The lowest BCUT2D eigenvalue weighted by Gasteiger charge is -2.31. The van der Waals surface area contributed by atoms with E-state index in [1.807, 2.05) is 24.3 Å². The number of hydrogen-bond acceptors (Lipinski definition) is 6. The van der Waals surface area contributed by atoms with E-state index in [9.17, 15) is 4.79 Å². The van der Waals surface area contributed by atoms with Crippen LogP contribution in [0, 0.1) is 0 Å². The van der Waals surface area contributed by atoms with Crippen LogP contribution in [0.15, 0.2) is 42.5 Å². The molecule has 1 amide bonds. The molecule has 0 unspecified atom stereocenters. The summed E-state index contributed by atoms with van der Waals surface area (Å²) in [5.74, 6) is 1.76. The van der Waals surface area contributed by atoms with Crippen molar-refractivity contribution in [2.75, 3.05) is 47.6 Å². The van der Waals surface area contributed by atoms with Gasteiger partial charge in [0.05, 0.1) is 14.2 Å². The second-order valence-electron chi connectivity index (χ2n) is 7.60. The van der Waals surface area contributed by atoms with Gasteiger partial charge < -0.3 is 24.3 Å². The number of hydrogen-bond donors (Lipinski definition) is 1. The van der Waals surface area contributed by atoms with Gasteiger partial charge in [0.25, 0.3) is 5.91 Å². The van der Waals surface area contributed by atoms with Gasteiger partial charge in [-0.15, -0.1) is 0 Å². The Hall–Kier alpha value is -2.77. The Balaban J connectivity index is 1.49. The molecule has 0 bridgehead atoms. The first-order valence-electron chi connectivity index (χ1n) is 10.6. The average Bonchev–Trinajstić information content (AvgIpc) is 2.82. The van der Waals surface area contributed by atoms with Crippen LogP contribution in [-0.4, -0.2) is 64.5 Å². The number of rotatable bonds is 10. The number of carbonyl (C=O) groups is 1. The third-order valence-corrected chi connectivity index (χ3v) is 5.49. The van der Waals surface area contributed by atoms with Gasteiger partial charge >= 0.3 is 0 Å². The normalized spacial score (nSPS) is 14.3. The van der Waals surface area contributed by atoms with Crippen molar-refractivity contribution in [3.05, 3.63) is 53.6 Å². The van der Waals surface area contributed by atoms with Gasteiger partial charge in [-0.3, -0.25) is 9.69 Å². The highest BCUT2D eigenvalue weighted by Crippen LogP contribution is 2.22. The number of ether oxygens (including phenoxy) is 4. The number of nitrogens with one attached hydrogen (secondary N) is 1. The van der Waals surface area contributed by atoms with Crippen molar-refractivity contribution in [2.24, 2.45) is 0 Å². The first-order chi connectivity index (χ1) is 15.1. The Bertz CT molecular complexity index is 829. The zero-order chi connectivity index (χ0) is 22.1. The van der Waals surface area contributed by atoms with Gasteiger partial charge in [0.1, 0.15) is 23.9 Å². The van der Waals surface area contributed by atoms with Gasteiger partial charge in [-0.05, 0) is 49.7 Å². The molecule has 0 aromatic heterocycles. The van der Waals surface area contributed by atoms with Crippen LogP contribution >= 0.6 is 0 Å². The molecule has 0 aliphatic carbocycles. The van der Waals surface area contributed by atoms with E-state index < -0.39 is 0 Å². The van der Waals surface area contributed by atoms with Crippen LogP contribution in [0.2, 0.25) is 0 Å². The summed E-state index contributed by atoms with van der Waals surface area (Å²) >= 11 is 0. The highest BCUT2D eigenvalue weighted by molar-refractivity contribution is 5.95. The molecule has 2 aromatic rings. The molecule has 2 aromatic carbocycles. The lowest BCUT2D eigenvalue weighted by atomic mass is 10.1. The molecule has 0 atom stereocenters. The zero-order valence-corrected chi connectivity index (χ0v) is 18.6. The van der Waals surface area contributed by atoms with Crippen LogP contribution in [0.1, 0.15) is 28.8 Å². The summed E-state index contributed by atoms with van der Waals surface area (Å²) in [7, 11) is 5.26. The number of nitrogens with zero attached hydrogens (tertiary/aromatic N) is 1. The van der Waals surface area contributed by atoms with Crippen molar-refractivity contribution in [1.82, 2.24) is 10.2 Å². The van der Waals surface area contributed by atoms with Crippen LogP contribution < -0.4 is 19.5 Å². The molecule has 168 valence electrons. The molecular weight excluding hydrogens is 396 g/mol. The third kappa shape index (κ3) is 6.87. The minimum atomic E-state index is -0.193. The minimum Gasteiger partial charge on any atom is -0.497 e. The summed E-state index contributed by atoms with van der Waals surface area (Å²) in [5, 5.41) is 2.94. The smallest absolute Gasteiger partial charge is 0.251 e. The predicted octanol–water partition coefficient (Wildman–Crippen LogP) is 3.12. The molecule has 1 aliphatic heterocycles. The third-order valence-electron chi connectivity index (χ3n) is 5.49. The van der Waals surface area contributed by atoms with E-state index in [2.05, 4.69) is 17.3 Å². The molecule has 7 heteroatoms. The maximum atomic E-state index is 12.6. The highest BCUT2D eigenvalue weighted by atomic mass is 16.5. The summed E-state index contributed by atoms with van der Waals surface area (Å²) in [6, 6.07) is 13.5. The molecule has 1 saturated heterocycles. The van der Waals surface area contributed by atoms with Gasteiger partial charge in [0.15, 0.2) is 0 Å². The van der Waals surface area contributed by atoms with Gasteiger partial charge in [0, 0.05) is 44.0 Å². The lowest BCUT2D eigenvalue weighted by molar-refractivity contribution is 0.0392. The molecule has 3 rings (SSSR count). The molecule has 1 fully saturated rings. The van der Waals surface area contributed by atoms with Crippen LogP contribution in [0.5, 0.6) is 17.2 Å². The predicted molar refractivity (Wildman–Crippen MR) is 119 cm³/mol. The van der Waals surface area contributed by atoms with E-state index in [-0.39, 0.29) is 5.91 Å². The summed E-state index contributed by atoms with van der Waals surface area (Å²) in [6.07, 6.45) is 2.15. The van der Waals surface area contributed by atoms with Crippen LogP contribution in [0.3, 0.4) is 0 Å². The van der Waals surface area contributed by atoms with Gasteiger partial charge in [-0.1, -0.05) is 12.1 Å². The topological polar surface area (TPSA) is 69.3 Å². The van der Waals surface area contributed by atoms with Crippen LogP contribution in [-0.2, 0) is 11.3 Å².